The molecule has 1 heterocycles. The number of likely N-dealkylation sites (N-methyl/N-ethyl adjacent to an activating group) is 1. The normalized spacial score (nSPS) is 12.2. The molecule has 0 bridgehead atoms. The summed E-state index contributed by atoms with van der Waals surface area (Å²) in [6.07, 6.45) is 0.821. The molecule has 106 valence electrons. The molecule has 2 aromatic rings. The third kappa shape index (κ3) is 3.70. The standard InChI is InChI=1S/C16H18BrNOS/c1-3-14(12-7-5-4-6-8-12)16(19)18(2)11-13-9-10-15(17)20-13/h4-10,14H,3,11H2,1-2H3/t14-/m0/s1. The Balaban J connectivity index is 2.08. The first-order chi connectivity index (χ1) is 9.61. The van der Waals surface area contributed by atoms with Gasteiger partial charge in [-0.05, 0) is 40.0 Å². The molecule has 1 aromatic carbocycles. The lowest BCUT2D eigenvalue weighted by molar-refractivity contribution is -0.132. The number of halogens is 1. The van der Waals surface area contributed by atoms with Crippen molar-refractivity contribution in [3.05, 3.63) is 56.7 Å². The van der Waals surface area contributed by atoms with E-state index in [1.165, 1.54) is 4.88 Å². The second-order valence-corrected chi connectivity index (χ2v) is 7.32. The lowest BCUT2D eigenvalue weighted by Gasteiger charge is -2.23. The maximum absolute atomic E-state index is 12.6. The second-order valence-electron chi connectivity index (χ2n) is 4.77. The third-order valence-corrected chi connectivity index (χ3v) is 4.91. The third-order valence-electron chi connectivity index (χ3n) is 3.31. The van der Waals surface area contributed by atoms with Gasteiger partial charge in [-0.2, -0.15) is 0 Å². The van der Waals surface area contributed by atoms with Gasteiger partial charge in [0, 0.05) is 11.9 Å². The lowest BCUT2D eigenvalue weighted by Crippen LogP contribution is -2.30. The van der Waals surface area contributed by atoms with Crippen LogP contribution in [-0.4, -0.2) is 17.9 Å². The Morgan fingerprint density at radius 2 is 1.95 bits per heavy atom. The molecule has 0 aliphatic rings. The Kier molecular flexibility index (Phi) is 5.38. The minimum atomic E-state index is -0.0513. The predicted octanol–water partition coefficient (Wildman–Crippen LogP) is 4.66. The smallest absolute Gasteiger partial charge is 0.230 e. The molecular weight excluding hydrogens is 334 g/mol. The molecule has 0 spiro atoms. The summed E-state index contributed by atoms with van der Waals surface area (Å²) in [5.74, 6) is 0.132. The van der Waals surface area contributed by atoms with Crippen LogP contribution in [0.2, 0.25) is 0 Å². The highest BCUT2D eigenvalue weighted by molar-refractivity contribution is 9.11. The van der Waals surface area contributed by atoms with Crippen LogP contribution in [0.3, 0.4) is 0 Å². The van der Waals surface area contributed by atoms with Crippen LogP contribution in [0.15, 0.2) is 46.3 Å². The fourth-order valence-electron chi connectivity index (χ4n) is 2.25. The van der Waals surface area contributed by atoms with Gasteiger partial charge in [-0.3, -0.25) is 4.79 Å². The van der Waals surface area contributed by atoms with E-state index in [2.05, 4.69) is 28.9 Å². The molecule has 2 rings (SSSR count). The van der Waals surface area contributed by atoms with Crippen LogP contribution in [0.25, 0.3) is 0 Å². The van der Waals surface area contributed by atoms with E-state index < -0.39 is 0 Å². The molecule has 4 heteroatoms. The van der Waals surface area contributed by atoms with E-state index in [9.17, 15) is 4.79 Å². The summed E-state index contributed by atoms with van der Waals surface area (Å²) in [7, 11) is 1.88. The van der Waals surface area contributed by atoms with Crippen molar-refractivity contribution in [1.29, 1.82) is 0 Å². The minimum Gasteiger partial charge on any atom is -0.340 e. The fraction of sp³-hybridized carbons (Fsp3) is 0.312. The molecule has 0 N–H and O–H groups in total. The van der Waals surface area contributed by atoms with Gasteiger partial charge in [0.05, 0.1) is 16.2 Å². The monoisotopic (exact) mass is 351 g/mol. The van der Waals surface area contributed by atoms with Gasteiger partial charge in [-0.1, -0.05) is 37.3 Å². The Morgan fingerprint density at radius 1 is 1.25 bits per heavy atom. The van der Waals surface area contributed by atoms with Crippen LogP contribution in [0.1, 0.15) is 29.7 Å². The summed E-state index contributed by atoms with van der Waals surface area (Å²) in [5, 5.41) is 0. The first kappa shape index (κ1) is 15.3. The van der Waals surface area contributed by atoms with E-state index >= 15 is 0 Å². The Labute approximate surface area is 132 Å². The largest absolute Gasteiger partial charge is 0.340 e. The maximum atomic E-state index is 12.6. The Bertz CT molecular complexity index is 567. The highest BCUT2D eigenvalue weighted by Crippen LogP contribution is 2.25. The molecule has 1 aromatic heterocycles. The molecule has 0 saturated heterocycles. The lowest BCUT2D eigenvalue weighted by atomic mass is 9.95. The molecule has 0 fully saturated rings. The van der Waals surface area contributed by atoms with Crippen molar-refractivity contribution in [2.45, 2.75) is 25.8 Å². The molecule has 0 saturated carbocycles. The number of hydrogen-bond acceptors (Lipinski definition) is 2. The first-order valence-electron chi connectivity index (χ1n) is 6.66. The van der Waals surface area contributed by atoms with Crippen LogP contribution >= 0.6 is 27.3 Å². The van der Waals surface area contributed by atoms with Gasteiger partial charge in [-0.15, -0.1) is 11.3 Å². The van der Waals surface area contributed by atoms with E-state index in [1.807, 2.05) is 48.3 Å². The summed E-state index contributed by atoms with van der Waals surface area (Å²) in [5.41, 5.74) is 1.10. The van der Waals surface area contributed by atoms with Crippen LogP contribution < -0.4 is 0 Å². The summed E-state index contributed by atoms with van der Waals surface area (Å²) in [6, 6.07) is 14.1. The first-order valence-corrected chi connectivity index (χ1v) is 8.27. The molecule has 0 aliphatic heterocycles. The van der Waals surface area contributed by atoms with Crippen molar-refractivity contribution in [3.63, 3.8) is 0 Å². The minimum absolute atomic E-state index is 0.0513. The summed E-state index contributed by atoms with van der Waals surface area (Å²) in [4.78, 5) is 15.6. The molecule has 0 unspecified atom stereocenters. The van der Waals surface area contributed by atoms with Crippen molar-refractivity contribution in [2.75, 3.05) is 7.05 Å². The number of amides is 1. The van der Waals surface area contributed by atoms with E-state index in [1.54, 1.807) is 11.3 Å². The molecule has 0 aliphatic carbocycles. The van der Waals surface area contributed by atoms with Gasteiger partial charge < -0.3 is 4.90 Å². The molecule has 2 nitrogen and oxygen atoms in total. The number of carbonyl (C=O) groups is 1. The zero-order chi connectivity index (χ0) is 14.5. The number of nitrogens with zero attached hydrogens (tertiary/aromatic N) is 1. The van der Waals surface area contributed by atoms with Crippen LogP contribution in [0, 0.1) is 0 Å². The SMILES string of the molecule is CC[C@H](C(=O)N(C)Cc1ccc(Br)s1)c1ccccc1. The molecule has 1 amide bonds. The van der Waals surface area contributed by atoms with Crippen molar-refractivity contribution in [1.82, 2.24) is 4.90 Å². The topological polar surface area (TPSA) is 20.3 Å². The van der Waals surface area contributed by atoms with E-state index in [0.29, 0.717) is 6.54 Å². The Morgan fingerprint density at radius 3 is 2.50 bits per heavy atom. The van der Waals surface area contributed by atoms with E-state index in [-0.39, 0.29) is 11.8 Å². The van der Waals surface area contributed by atoms with Crippen molar-refractivity contribution >= 4 is 33.2 Å². The number of carbonyl (C=O) groups excluding carboxylic acids is 1. The number of hydrogen-bond donors (Lipinski definition) is 0. The zero-order valence-electron chi connectivity index (χ0n) is 11.7. The van der Waals surface area contributed by atoms with Gasteiger partial charge in [-0.25, -0.2) is 0 Å². The molecule has 1 atom stereocenters. The Hall–Kier alpha value is -1.13. The number of rotatable bonds is 5. The predicted molar refractivity (Wildman–Crippen MR) is 88.0 cm³/mol. The molecule has 20 heavy (non-hydrogen) atoms. The average molecular weight is 352 g/mol. The number of benzene rings is 1. The van der Waals surface area contributed by atoms with Gasteiger partial charge >= 0.3 is 0 Å². The van der Waals surface area contributed by atoms with Crippen molar-refractivity contribution < 1.29 is 4.79 Å². The van der Waals surface area contributed by atoms with Crippen molar-refractivity contribution in [2.24, 2.45) is 0 Å². The van der Waals surface area contributed by atoms with Gasteiger partial charge in [0.15, 0.2) is 0 Å². The van der Waals surface area contributed by atoms with Gasteiger partial charge in [0.2, 0.25) is 5.91 Å². The average Bonchev–Trinajstić information content (AvgIpc) is 2.86. The highest BCUT2D eigenvalue weighted by atomic mass is 79.9. The van der Waals surface area contributed by atoms with E-state index in [0.717, 1.165) is 15.8 Å². The maximum Gasteiger partial charge on any atom is 0.230 e. The summed E-state index contributed by atoms with van der Waals surface area (Å²) < 4.78 is 1.10. The van der Waals surface area contributed by atoms with Crippen LogP contribution in [-0.2, 0) is 11.3 Å². The summed E-state index contributed by atoms with van der Waals surface area (Å²) >= 11 is 5.12. The molecular formula is C16H18BrNOS. The highest BCUT2D eigenvalue weighted by Gasteiger charge is 2.22. The zero-order valence-corrected chi connectivity index (χ0v) is 14.1. The van der Waals surface area contributed by atoms with Crippen molar-refractivity contribution in [3.8, 4) is 0 Å². The van der Waals surface area contributed by atoms with Crippen LogP contribution in [0.4, 0.5) is 0 Å². The van der Waals surface area contributed by atoms with Gasteiger partial charge in [0.1, 0.15) is 0 Å². The summed E-state index contributed by atoms with van der Waals surface area (Å²) in [6.45, 7) is 2.73. The van der Waals surface area contributed by atoms with Crippen LogP contribution in [0.5, 0.6) is 0 Å². The van der Waals surface area contributed by atoms with Gasteiger partial charge in [0.25, 0.3) is 0 Å². The number of thiophene rings is 1. The van der Waals surface area contributed by atoms with E-state index in [4.69, 9.17) is 0 Å². The fourth-order valence-corrected chi connectivity index (χ4v) is 3.79. The molecule has 0 radical (unpaired) electrons. The quantitative estimate of drug-likeness (QED) is 0.766. The second kappa shape index (κ2) is 7.04.